The summed E-state index contributed by atoms with van der Waals surface area (Å²) in [6.07, 6.45) is 0. The highest BCUT2D eigenvalue weighted by Crippen LogP contribution is 2.30. The van der Waals surface area contributed by atoms with E-state index in [4.69, 9.17) is 14.7 Å². The maximum Gasteiger partial charge on any atom is 0.162 e. The number of nitriles is 1. The molecule has 96 valence electrons. The summed E-state index contributed by atoms with van der Waals surface area (Å²) in [5.41, 5.74) is 1.17. The summed E-state index contributed by atoms with van der Waals surface area (Å²) < 4.78 is 10.4. The zero-order valence-electron chi connectivity index (χ0n) is 10.7. The fourth-order valence-electron chi connectivity index (χ4n) is 1.63. The van der Waals surface area contributed by atoms with Crippen LogP contribution < -0.4 is 14.8 Å². The molecule has 1 aromatic heterocycles. The van der Waals surface area contributed by atoms with Crippen molar-refractivity contribution in [2.45, 2.75) is 0 Å². The molecule has 1 N–H and O–H groups in total. The van der Waals surface area contributed by atoms with E-state index < -0.39 is 0 Å². The van der Waals surface area contributed by atoms with Gasteiger partial charge in [0.05, 0.1) is 14.2 Å². The van der Waals surface area contributed by atoms with Crippen LogP contribution in [0.5, 0.6) is 11.5 Å². The van der Waals surface area contributed by atoms with Crippen molar-refractivity contribution in [2.24, 2.45) is 0 Å². The van der Waals surface area contributed by atoms with Crippen molar-refractivity contribution in [1.29, 1.82) is 5.26 Å². The number of benzene rings is 1. The number of methoxy groups -OCH3 is 2. The second kappa shape index (κ2) is 5.74. The summed E-state index contributed by atoms with van der Waals surface area (Å²) in [6.45, 7) is 0. The molecule has 2 aromatic rings. The lowest BCUT2D eigenvalue weighted by atomic mass is 10.2. The van der Waals surface area contributed by atoms with E-state index in [1.165, 1.54) is 0 Å². The Morgan fingerprint density at radius 2 is 1.89 bits per heavy atom. The van der Waals surface area contributed by atoms with Crippen molar-refractivity contribution in [1.82, 2.24) is 4.98 Å². The van der Waals surface area contributed by atoms with Gasteiger partial charge in [0, 0.05) is 11.8 Å². The topological polar surface area (TPSA) is 67.2 Å². The van der Waals surface area contributed by atoms with Crippen LogP contribution in [-0.2, 0) is 0 Å². The van der Waals surface area contributed by atoms with Crippen LogP contribution in [0, 0.1) is 11.3 Å². The Labute approximate surface area is 111 Å². The summed E-state index contributed by atoms with van der Waals surface area (Å²) in [4.78, 5) is 4.14. The van der Waals surface area contributed by atoms with Gasteiger partial charge in [-0.25, -0.2) is 4.98 Å². The fourth-order valence-corrected chi connectivity index (χ4v) is 1.63. The molecule has 1 aromatic carbocycles. The average molecular weight is 255 g/mol. The first-order chi connectivity index (χ1) is 9.26. The summed E-state index contributed by atoms with van der Waals surface area (Å²) in [5, 5.41) is 11.9. The number of nitrogens with zero attached hydrogens (tertiary/aromatic N) is 2. The predicted octanol–water partition coefficient (Wildman–Crippen LogP) is 2.71. The van der Waals surface area contributed by atoms with Gasteiger partial charge in [-0.15, -0.1) is 0 Å². The Balaban J connectivity index is 2.26. The molecule has 0 bridgehead atoms. The molecule has 0 saturated carbocycles. The molecule has 0 fully saturated rings. The molecule has 0 amide bonds. The van der Waals surface area contributed by atoms with Crippen LogP contribution >= 0.6 is 0 Å². The minimum atomic E-state index is 0.366. The summed E-state index contributed by atoms with van der Waals surface area (Å²) >= 11 is 0. The Bertz CT molecular complexity index is 620. The van der Waals surface area contributed by atoms with Gasteiger partial charge in [-0.05, 0) is 24.3 Å². The lowest BCUT2D eigenvalue weighted by Crippen LogP contribution is -1.96. The lowest BCUT2D eigenvalue weighted by Gasteiger charge is -2.10. The average Bonchev–Trinajstić information content (AvgIpc) is 2.47. The van der Waals surface area contributed by atoms with E-state index in [0.29, 0.717) is 23.0 Å². The Kier molecular flexibility index (Phi) is 3.84. The molecular formula is C14H13N3O2. The van der Waals surface area contributed by atoms with Crippen molar-refractivity contribution < 1.29 is 9.47 Å². The molecule has 0 aliphatic heterocycles. The van der Waals surface area contributed by atoms with Crippen LogP contribution in [-0.4, -0.2) is 19.2 Å². The first-order valence-electron chi connectivity index (χ1n) is 5.63. The molecule has 19 heavy (non-hydrogen) atoms. The van der Waals surface area contributed by atoms with Crippen molar-refractivity contribution in [3.8, 4) is 17.6 Å². The fraction of sp³-hybridized carbons (Fsp3) is 0.143. The predicted molar refractivity (Wildman–Crippen MR) is 71.8 cm³/mol. The number of nitrogens with one attached hydrogen (secondary N) is 1. The minimum Gasteiger partial charge on any atom is -0.493 e. The number of pyridine rings is 1. The number of aromatic nitrogens is 1. The molecule has 0 spiro atoms. The minimum absolute atomic E-state index is 0.366. The summed E-state index contributed by atoms with van der Waals surface area (Å²) in [6, 6.07) is 12.7. The molecule has 2 rings (SSSR count). The van der Waals surface area contributed by atoms with Crippen molar-refractivity contribution in [2.75, 3.05) is 19.5 Å². The Hall–Kier alpha value is -2.74. The zero-order valence-corrected chi connectivity index (χ0v) is 10.7. The molecule has 1 heterocycles. The lowest BCUT2D eigenvalue weighted by molar-refractivity contribution is 0.355. The second-order valence-corrected chi connectivity index (χ2v) is 3.71. The number of ether oxygens (including phenoxy) is 2. The van der Waals surface area contributed by atoms with E-state index in [1.54, 1.807) is 44.6 Å². The van der Waals surface area contributed by atoms with Crippen LogP contribution in [0.25, 0.3) is 0 Å². The first-order valence-corrected chi connectivity index (χ1v) is 5.63. The maximum atomic E-state index is 8.80. The van der Waals surface area contributed by atoms with E-state index in [1.807, 2.05) is 12.1 Å². The van der Waals surface area contributed by atoms with Gasteiger partial charge in [0.15, 0.2) is 11.5 Å². The monoisotopic (exact) mass is 255 g/mol. The summed E-state index contributed by atoms with van der Waals surface area (Å²) in [7, 11) is 3.17. The molecule has 0 saturated heterocycles. The van der Waals surface area contributed by atoms with Crippen molar-refractivity contribution in [3.05, 3.63) is 42.1 Å². The third-order valence-corrected chi connectivity index (χ3v) is 2.52. The molecule has 0 unspecified atom stereocenters. The Morgan fingerprint density at radius 1 is 1.11 bits per heavy atom. The van der Waals surface area contributed by atoms with Gasteiger partial charge in [0.2, 0.25) is 0 Å². The van der Waals surface area contributed by atoms with Crippen molar-refractivity contribution >= 4 is 11.5 Å². The molecule has 0 aliphatic rings. The second-order valence-electron chi connectivity index (χ2n) is 3.71. The van der Waals surface area contributed by atoms with Crippen LogP contribution in [0.2, 0.25) is 0 Å². The molecular weight excluding hydrogens is 242 g/mol. The number of anilines is 2. The number of hydrogen-bond donors (Lipinski definition) is 1. The third-order valence-electron chi connectivity index (χ3n) is 2.52. The molecule has 0 radical (unpaired) electrons. The normalized spacial score (nSPS) is 9.53. The molecule has 5 nitrogen and oxygen atoms in total. The van der Waals surface area contributed by atoms with Gasteiger partial charge in [0.25, 0.3) is 0 Å². The number of rotatable bonds is 4. The van der Waals surface area contributed by atoms with Crippen LogP contribution in [0.15, 0.2) is 36.4 Å². The van der Waals surface area contributed by atoms with Crippen LogP contribution in [0.1, 0.15) is 5.69 Å². The molecule has 0 aliphatic carbocycles. The highest BCUT2D eigenvalue weighted by molar-refractivity contribution is 5.61. The van der Waals surface area contributed by atoms with Crippen molar-refractivity contribution in [3.63, 3.8) is 0 Å². The van der Waals surface area contributed by atoms with E-state index >= 15 is 0 Å². The van der Waals surface area contributed by atoms with E-state index in [2.05, 4.69) is 10.3 Å². The standard InChI is InChI=1S/C14H13N3O2/c1-18-12-7-6-10(8-13(12)19-2)16-14-5-3-4-11(9-15)17-14/h3-8H,1-2H3,(H,16,17). The van der Waals surface area contributed by atoms with Gasteiger partial charge >= 0.3 is 0 Å². The molecule has 0 atom stereocenters. The van der Waals surface area contributed by atoms with E-state index in [-0.39, 0.29) is 0 Å². The third kappa shape index (κ3) is 2.93. The van der Waals surface area contributed by atoms with Crippen LogP contribution in [0.3, 0.4) is 0 Å². The zero-order chi connectivity index (χ0) is 13.7. The number of hydrogen-bond acceptors (Lipinski definition) is 5. The quantitative estimate of drug-likeness (QED) is 0.909. The molecule has 5 heteroatoms. The van der Waals surface area contributed by atoms with Gasteiger partial charge in [-0.1, -0.05) is 6.07 Å². The van der Waals surface area contributed by atoms with Gasteiger partial charge in [-0.3, -0.25) is 0 Å². The first kappa shape index (κ1) is 12.7. The summed E-state index contributed by atoms with van der Waals surface area (Å²) in [5.74, 6) is 1.89. The largest absolute Gasteiger partial charge is 0.493 e. The smallest absolute Gasteiger partial charge is 0.162 e. The van der Waals surface area contributed by atoms with Crippen LogP contribution in [0.4, 0.5) is 11.5 Å². The van der Waals surface area contributed by atoms with E-state index in [0.717, 1.165) is 5.69 Å². The van der Waals surface area contributed by atoms with Gasteiger partial charge < -0.3 is 14.8 Å². The Morgan fingerprint density at radius 3 is 2.58 bits per heavy atom. The van der Waals surface area contributed by atoms with Gasteiger partial charge in [-0.2, -0.15) is 5.26 Å². The SMILES string of the molecule is COc1ccc(Nc2cccc(C#N)n2)cc1OC. The van der Waals surface area contributed by atoms with E-state index in [9.17, 15) is 0 Å². The van der Waals surface area contributed by atoms with Gasteiger partial charge in [0.1, 0.15) is 17.6 Å². The highest BCUT2D eigenvalue weighted by atomic mass is 16.5. The maximum absolute atomic E-state index is 8.80. The highest BCUT2D eigenvalue weighted by Gasteiger charge is 2.05.